The molecule has 11 heavy (non-hydrogen) atoms. The predicted octanol–water partition coefficient (Wildman–Crippen LogP) is 0.694. The Morgan fingerprint density at radius 3 is 2.36 bits per heavy atom. The zero-order chi connectivity index (χ0) is 8.43. The normalized spacial score (nSPS) is 18.5. The van der Waals surface area contributed by atoms with E-state index in [0.29, 0.717) is 0 Å². The molecule has 0 spiro atoms. The van der Waals surface area contributed by atoms with E-state index in [0.717, 1.165) is 12.8 Å². The van der Waals surface area contributed by atoms with E-state index in [-0.39, 0.29) is 17.5 Å². The van der Waals surface area contributed by atoms with Crippen LogP contribution in [0.5, 0.6) is 0 Å². The number of Topliss-reactive ketones (excluding diaryl/α,β-unsaturated/α-hetero) is 2. The first-order valence-electron chi connectivity index (χ1n) is 3.60. The van der Waals surface area contributed by atoms with Gasteiger partial charge in [0.15, 0.2) is 17.5 Å². The van der Waals surface area contributed by atoms with E-state index < -0.39 is 5.92 Å². The van der Waals surface area contributed by atoms with Gasteiger partial charge in [-0.2, -0.15) is 5.26 Å². The van der Waals surface area contributed by atoms with Crippen LogP contribution in [0.2, 0.25) is 0 Å². The van der Waals surface area contributed by atoms with Crippen LogP contribution in [0.4, 0.5) is 0 Å². The second kappa shape index (κ2) is 2.83. The van der Waals surface area contributed by atoms with Crippen molar-refractivity contribution in [3.63, 3.8) is 0 Å². The van der Waals surface area contributed by atoms with Gasteiger partial charge in [-0.25, -0.2) is 0 Å². The van der Waals surface area contributed by atoms with Crippen LogP contribution >= 0.6 is 0 Å². The highest BCUT2D eigenvalue weighted by Crippen LogP contribution is 2.32. The summed E-state index contributed by atoms with van der Waals surface area (Å²) in [6.07, 6.45) is 1.70. The Morgan fingerprint density at radius 1 is 1.55 bits per heavy atom. The summed E-state index contributed by atoms with van der Waals surface area (Å²) in [7, 11) is 0. The van der Waals surface area contributed by atoms with Gasteiger partial charge >= 0.3 is 0 Å². The first-order chi connectivity index (χ1) is 5.16. The maximum Gasteiger partial charge on any atom is 0.163 e. The summed E-state index contributed by atoms with van der Waals surface area (Å²) >= 11 is 0. The molecule has 0 aromatic heterocycles. The van der Waals surface area contributed by atoms with Crippen LogP contribution in [0.15, 0.2) is 0 Å². The number of nitriles is 1. The molecule has 1 saturated carbocycles. The van der Waals surface area contributed by atoms with Gasteiger partial charge in [0.2, 0.25) is 0 Å². The molecule has 1 aliphatic carbocycles. The quantitative estimate of drug-likeness (QED) is 0.557. The minimum Gasteiger partial charge on any atom is -0.298 e. The van der Waals surface area contributed by atoms with E-state index in [4.69, 9.17) is 5.26 Å². The first kappa shape index (κ1) is 7.93. The van der Waals surface area contributed by atoms with E-state index in [2.05, 4.69) is 0 Å². The molecule has 0 radical (unpaired) electrons. The molecule has 3 nitrogen and oxygen atoms in total. The summed E-state index contributed by atoms with van der Waals surface area (Å²) in [5.41, 5.74) is 0. The molecule has 0 saturated heterocycles. The molecule has 1 unspecified atom stereocenters. The largest absolute Gasteiger partial charge is 0.298 e. The van der Waals surface area contributed by atoms with Crippen molar-refractivity contribution >= 4 is 11.6 Å². The highest BCUT2D eigenvalue weighted by molar-refractivity contribution is 6.05. The van der Waals surface area contributed by atoms with E-state index in [9.17, 15) is 9.59 Å². The fourth-order valence-electron chi connectivity index (χ4n) is 0.958. The standard InChI is InChI=1S/C8H9NO2/c1-5(10)7(4-9)8(11)6-2-3-6/h6-7H,2-3H2,1H3. The molecule has 1 aliphatic rings. The van der Waals surface area contributed by atoms with Crippen LogP contribution in [0.25, 0.3) is 0 Å². The lowest BCUT2D eigenvalue weighted by Gasteiger charge is -2.00. The van der Waals surface area contributed by atoms with Crippen molar-refractivity contribution in [1.82, 2.24) is 0 Å². The highest BCUT2D eigenvalue weighted by Gasteiger charge is 2.36. The maximum absolute atomic E-state index is 11.1. The summed E-state index contributed by atoms with van der Waals surface area (Å²) in [4.78, 5) is 21.8. The van der Waals surface area contributed by atoms with Crippen molar-refractivity contribution in [2.75, 3.05) is 0 Å². The van der Waals surface area contributed by atoms with Crippen LogP contribution in [0.3, 0.4) is 0 Å². The van der Waals surface area contributed by atoms with Crippen LogP contribution < -0.4 is 0 Å². The fourth-order valence-corrected chi connectivity index (χ4v) is 0.958. The van der Waals surface area contributed by atoms with E-state index >= 15 is 0 Å². The predicted molar refractivity (Wildman–Crippen MR) is 37.5 cm³/mol. The summed E-state index contributed by atoms with van der Waals surface area (Å²) in [6.45, 7) is 1.29. The Hall–Kier alpha value is -1.17. The second-order valence-electron chi connectivity index (χ2n) is 2.85. The average Bonchev–Trinajstić information content (AvgIpc) is 2.68. The molecule has 1 atom stereocenters. The fraction of sp³-hybridized carbons (Fsp3) is 0.625. The van der Waals surface area contributed by atoms with Gasteiger partial charge < -0.3 is 0 Å². The van der Waals surface area contributed by atoms with Crippen LogP contribution in [0.1, 0.15) is 19.8 Å². The topological polar surface area (TPSA) is 57.9 Å². The lowest BCUT2D eigenvalue weighted by atomic mass is 9.98. The lowest BCUT2D eigenvalue weighted by Crippen LogP contribution is -2.21. The van der Waals surface area contributed by atoms with E-state index in [1.165, 1.54) is 6.92 Å². The SMILES string of the molecule is CC(=O)C(C#N)C(=O)C1CC1. The van der Waals surface area contributed by atoms with Gasteiger partial charge in [0, 0.05) is 5.92 Å². The Kier molecular flexibility index (Phi) is 2.04. The van der Waals surface area contributed by atoms with Gasteiger partial charge in [-0.05, 0) is 19.8 Å². The third kappa shape index (κ3) is 1.64. The minimum absolute atomic E-state index is 0.00329. The number of carbonyl (C=O) groups is 2. The van der Waals surface area contributed by atoms with Crippen LogP contribution in [-0.4, -0.2) is 11.6 Å². The molecular formula is C8H9NO2. The summed E-state index contributed by atoms with van der Waals surface area (Å²) in [5.74, 6) is -1.50. The highest BCUT2D eigenvalue weighted by atomic mass is 16.1. The third-order valence-electron chi connectivity index (χ3n) is 1.80. The van der Waals surface area contributed by atoms with Crippen molar-refractivity contribution in [3.8, 4) is 6.07 Å². The Balaban J connectivity index is 2.62. The third-order valence-corrected chi connectivity index (χ3v) is 1.80. The average molecular weight is 151 g/mol. The molecule has 0 aromatic rings. The minimum atomic E-state index is -0.998. The van der Waals surface area contributed by atoms with Crippen LogP contribution in [0, 0.1) is 23.2 Å². The monoisotopic (exact) mass is 151 g/mol. The maximum atomic E-state index is 11.1. The number of hydrogen-bond acceptors (Lipinski definition) is 3. The number of carbonyl (C=O) groups excluding carboxylic acids is 2. The van der Waals surface area contributed by atoms with Gasteiger partial charge in [-0.1, -0.05) is 0 Å². The number of hydrogen-bond donors (Lipinski definition) is 0. The number of rotatable bonds is 3. The van der Waals surface area contributed by atoms with Crippen LogP contribution in [-0.2, 0) is 9.59 Å². The van der Waals surface area contributed by atoms with Gasteiger partial charge in [0.25, 0.3) is 0 Å². The molecule has 3 heteroatoms. The smallest absolute Gasteiger partial charge is 0.163 e. The molecule has 0 N–H and O–H groups in total. The molecule has 0 amide bonds. The zero-order valence-electron chi connectivity index (χ0n) is 6.33. The molecule has 1 rings (SSSR count). The summed E-state index contributed by atoms with van der Waals surface area (Å²) < 4.78 is 0. The summed E-state index contributed by atoms with van der Waals surface area (Å²) in [6, 6.07) is 1.72. The van der Waals surface area contributed by atoms with Gasteiger partial charge in [-0.3, -0.25) is 9.59 Å². The zero-order valence-corrected chi connectivity index (χ0v) is 6.33. The molecule has 1 fully saturated rings. The van der Waals surface area contributed by atoms with Crippen molar-refractivity contribution in [2.24, 2.45) is 11.8 Å². The lowest BCUT2D eigenvalue weighted by molar-refractivity contribution is -0.130. The first-order valence-corrected chi connectivity index (χ1v) is 3.60. The van der Waals surface area contributed by atoms with Crippen molar-refractivity contribution in [1.29, 1.82) is 5.26 Å². The number of ketones is 2. The molecule has 0 heterocycles. The molecular weight excluding hydrogens is 142 g/mol. The molecule has 0 aromatic carbocycles. The molecule has 0 bridgehead atoms. The Labute approximate surface area is 65.0 Å². The van der Waals surface area contributed by atoms with E-state index in [1.807, 2.05) is 0 Å². The second-order valence-corrected chi connectivity index (χ2v) is 2.85. The molecule has 0 aliphatic heterocycles. The summed E-state index contributed by atoms with van der Waals surface area (Å²) in [5, 5.41) is 8.45. The Bertz CT molecular complexity index is 235. The Morgan fingerprint density at radius 2 is 2.09 bits per heavy atom. The molecule has 58 valence electrons. The van der Waals surface area contributed by atoms with Crippen molar-refractivity contribution in [3.05, 3.63) is 0 Å². The van der Waals surface area contributed by atoms with Crippen molar-refractivity contribution in [2.45, 2.75) is 19.8 Å². The van der Waals surface area contributed by atoms with E-state index in [1.54, 1.807) is 6.07 Å². The van der Waals surface area contributed by atoms with Gasteiger partial charge in [-0.15, -0.1) is 0 Å². The van der Waals surface area contributed by atoms with Gasteiger partial charge in [0.05, 0.1) is 6.07 Å². The van der Waals surface area contributed by atoms with Gasteiger partial charge in [0.1, 0.15) is 0 Å². The number of nitrogens with zero attached hydrogens (tertiary/aromatic N) is 1. The van der Waals surface area contributed by atoms with Crippen molar-refractivity contribution < 1.29 is 9.59 Å².